The maximum atomic E-state index is 6.04. The van der Waals surface area contributed by atoms with Crippen LogP contribution in [0.4, 0.5) is 0 Å². The van der Waals surface area contributed by atoms with E-state index in [1.807, 2.05) is 36.4 Å². The molecule has 0 amide bonds. The molecule has 0 aliphatic carbocycles. The zero-order valence-electron chi connectivity index (χ0n) is 9.07. The van der Waals surface area contributed by atoms with Crippen LogP contribution < -0.4 is 4.74 Å². The van der Waals surface area contributed by atoms with Gasteiger partial charge >= 0.3 is 0 Å². The van der Waals surface area contributed by atoms with E-state index in [-0.39, 0.29) is 0 Å². The second-order valence-corrected chi connectivity index (χ2v) is 4.16. The van der Waals surface area contributed by atoms with Crippen LogP contribution in [0, 0.1) is 0 Å². The van der Waals surface area contributed by atoms with Crippen molar-refractivity contribution in [2.75, 3.05) is 0 Å². The Bertz CT molecular complexity index is 502. The summed E-state index contributed by atoms with van der Waals surface area (Å²) in [5, 5.41) is 0.691. The van der Waals surface area contributed by atoms with Crippen molar-refractivity contribution in [2.24, 2.45) is 0 Å². The Morgan fingerprint density at radius 1 is 1.06 bits per heavy atom. The van der Waals surface area contributed by atoms with E-state index in [9.17, 15) is 0 Å². The van der Waals surface area contributed by atoms with Crippen LogP contribution in [-0.4, -0.2) is 4.98 Å². The van der Waals surface area contributed by atoms with Crippen LogP contribution >= 0.6 is 23.2 Å². The topological polar surface area (TPSA) is 22.1 Å². The first-order chi connectivity index (χ1) is 8.31. The fraction of sp³-hybridized carbons (Fsp3) is 0.154. The molecule has 1 aromatic carbocycles. The predicted molar refractivity (Wildman–Crippen MR) is 69.6 cm³/mol. The molecular formula is C13H11Cl2NO. The predicted octanol–water partition coefficient (Wildman–Crippen LogP) is 4.05. The summed E-state index contributed by atoms with van der Waals surface area (Å²) in [4.78, 5) is 4.14. The lowest BCUT2D eigenvalue weighted by atomic mass is 10.2. The monoisotopic (exact) mass is 267 g/mol. The van der Waals surface area contributed by atoms with Gasteiger partial charge in [0.05, 0.1) is 5.88 Å². The largest absolute Gasteiger partial charge is 0.473 e. The molecule has 17 heavy (non-hydrogen) atoms. The summed E-state index contributed by atoms with van der Waals surface area (Å²) in [7, 11) is 0. The highest BCUT2D eigenvalue weighted by atomic mass is 35.5. The molecule has 0 saturated heterocycles. The molecule has 0 unspecified atom stereocenters. The number of hydrogen-bond donors (Lipinski definition) is 0. The van der Waals surface area contributed by atoms with Crippen molar-refractivity contribution in [2.45, 2.75) is 12.5 Å². The van der Waals surface area contributed by atoms with Gasteiger partial charge in [0.1, 0.15) is 6.61 Å². The molecule has 0 fully saturated rings. The van der Waals surface area contributed by atoms with E-state index in [2.05, 4.69) is 4.98 Å². The summed E-state index contributed by atoms with van der Waals surface area (Å²) in [6.45, 7) is 0.389. The van der Waals surface area contributed by atoms with Crippen LogP contribution in [0.5, 0.6) is 5.88 Å². The summed E-state index contributed by atoms with van der Waals surface area (Å²) >= 11 is 11.8. The molecule has 0 aliphatic heterocycles. The summed E-state index contributed by atoms with van der Waals surface area (Å²) in [6.07, 6.45) is 1.68. The average Bonchev–Trinajstić information content (AvgIpc) is 2.38. The van der Waals surface area contributed by atoms with Gasteiger partial charge in [-0.25, -0.2) is 4.98 Å². The average molecular weight is 268 g/mol. The summed E-state index contributed by atoms with van der Waals surface area (Å²) < 4.78 is 5.61. The maximum absolute atomic E-state index is 6.04. The Kier molecular flexibility index (Phi) is 4.24. The number of alkyl halides is 1. The van der Waals surface area contributed by atoms with Crippen molar-refractivity contribution in [3.63, 3.8) is 0 Å². The van der Waals surface area contributed by atoms with Gasteiger partial charge in [0.15, 0.2) is 0 Å². The molecule has 88 valence electrons. The third-order valence-electron chi connectivity index (χ3n) is 2.32. The van der Waals surface area contributed by atoms with Crippen LogP contribution in [0.3, 0.4) is 0 Å². The Labute approximate surface area is 110 Å². The van der Waals surface area contributed by atoms with Gasteiger partial charge in [-0.1, -0.05) is 35.9 Å². The number of halogens is 2. The molecule has 2 nitrogen and oxygen atoms in total. The minimum Gasteiger partial charge on any atom is -0.473 e. The standard InChI is InChI=1S/C13H11Cl2NO/c14-8-10-5-3-7-16-13(10)17-9-11-4-1-2-6-12(11)15/h1-7H,8-9H2. The van der Waals surface area contributed by atoms with Gasteiger partial charge in [-0.2, -0.15) is 0 Å². The van der Waals surface area contributed by atoms with E-state index in [1.165, 1.54) is 0 Å². The molecule has 0 spiro atoms. The minimum atomic E-state index is 0.381. The summed E-state index contributed by atoms with van der Waals surface area (Å²) in [6, 6.07) is 11.3. The van der Waals surface area contributed by atoms with Gasteiger partial charge in [0.25, 0.3) is 0 Å². The number of hydrogen-bond acceptors (Lipinski definition) is 2. The zero-order chi connectivity index (χ0) is 12.1. The second kappa shape index (κ2) is 5.89. The first kappa shape index (κ1) is 12.2. The molecular weight excluding hydrogens is 257 g/mol. The fourth-order valence-electron chi connectivity index (χ4n) is 1.42. The molecule has 1 aromatic heterocycles. The molecule has 0 saturated carbocycles. The fourth-order valence-corrected chi connectivity index (χ4v) is 1.81. The van der Waals surface area contributed by atoms with Crippen molar-refractivity contribution < 1.29 is 4.74 Å². The molecule has 0 N–H and O–H groups in total. The number of aromatic nitrogens is 1. The molecule has 1 heterocycles. The van der Waals surface area contributed by atoms with E-state index < -0.39 is 0 Å². The maximum Gasteiger partial charge on any atom is 0.218 e. The Balaban J connectivity index is 2.10. The number of nitrogens with zero attached hydrogens (tertiary/aromatic N) is 1. The zero-order valence-corrected chi connectivity index (χ0v) is 10.6. The lowest BCUT2D eigenvalue weighted by Gasteiger charge is -2.09. The van der Waals surface area contributed by atoms with Crippen LogP contribution in [0.15, 0.2) is 42.6 Å². The van der Waals surface area contributed by atoms with Crippen LogP contribution in [0.2, 0.25) is 5.02 Å². The van der Waals surface area contributed by atoms with Crippen LogP contribution in [-0.2, 0) is 12.5 Å². The SMILES string of the molecule is ClCc1cccnc1OCc1ccccc1Cl. The smallest absolute Gasteiger partial charge is 0.218 e. The van der Waals surface area contributed by atoms with E-state index in [0.717, 1.165) is 11.1 Å². The quantitative estimate of drug-likeness (QED) is 0.780. The highest BCUT2D eigenvalue weighted by Crippen LogP contribution is 2.20. The third-order valence-corrected chi connectivity index (χ3v) is 2.97. The van der Waals surface area contributed by atoms with Gasteiger partial charge in [0, 0.05) is 22.3 Å². The van der Waals surface area contributed by atoms with Crippen molar-refractivity contribution in [3.8, 4) is 5.88 Å². The molecule has 0 atom stereocenters. The van der Waals surface area contributed by atoms with Gasteiger partial charge in [-0.3, -0.25) is 0 Å². The highest BCUT2D eigenvalue weighted by molar-refractivity contribution is 6.31. The number of rotatable bonds is 4. The first-order valence-corrected chi connectivity index (χ1v) is 6.08. The van der Waals surface area contributed by atoms with E-state index in [4.69, 9.17) is 27.9 Å². The number of benzene rings is 1. The summed E-state index contributed by atoms with van der Waals surface area (Å²) in [5.41, 5.74) is 1.81. The second-order valence-electron chi connectivity index (χ2n) is 3.48. The van der Waals surface area contributed by atoms with Crippen molar-refractivity contribution >= 4 is 23.2 Å². The summed E-state index contributed by atoms with van der Waals surface area (Å²) in [5.74, 6) is 0.938. The molecule has 2 aromatic rings. The Morgan fingerprint density at radius 3 is 2.59 bits per heavy atom. The molecule has 2 rings (SSSR count). The van der Waals surface area contributed by atoms with Crippen molar-refractivity contribution in [1.82, 2.24) is 4.98 Å². The number of ether oxygens (including phenoxy) is 1. The Morgan fingerprint density at radius 2 is 1.82 bits per heavy atom. The minimum absolute atomic E-state index is 0.381. The van der Waals surface area contributed by atoms with Gasteiger partial charge in [-0.05, 0) is 12.1 Å². The number of pyridine rings is 1. The molecule has 0 bridgehead atoms. The van der Waals surface area contributed by atoms with Crippen LogP contribution in [0.25, 0.3) is 0 Å². The van der Waals surface area contributed by atoms with Crippen LogP contribution in [0.1, 0.15) is 11.1 Å². The molecule has 4 heteroatoms. The van der Waals surface area contributed by atoms with Gasteiger partial charge < -0.3 is 4.74 Å². The van der Waals surface area contributed by atoms with Gasteiger partial charge in [0.2, 0.25) is 5.88 Å². The van der Waals surface area contributed by atoms with Crippen molar-refractivity contribution in [3.05, 3.63) is 58.7 Å². The molecule has 0 radical (unpaired) electrons. The van der Waals surface area contributed by atoms with E-state index >= 15 is 0 Å². The van der Waals surface area contributed by atoms with E-state index in [0.29, 0.717) is 23.4 Å². The normalized spacial score (nSPS) is 10.2. The lowest BCUT2D eigenvalue weighted by molar-refractivity contribution is 0.291. The first-order valence-electron chi connectivity index (χ1n) is 5.17. The van der Waals surface area contributed by atoms with E-state index in [1.54, 1.807) is 6.20 Å². The highest BCUT2D eigenvalue weighted by Gasteiger charge is 2.05. The third kappa shape index (κ3) is 3.11. The Hall–Kier alpha value is -1.25. The van der Waals surface area contributed by atoms with Crippen molar-refractivity contribution in [1.29, 1.82) is 0 Å². The lowest BCUT2D eigenvalue weighted by Crippen LogP contribution is -2.00. The molecule has 0 aliphatic rings. The van der Waals surface area contributed by atoms with Gasteiger partial charge in [-0.15, -0.1) is 11.6 Å².